The number of carbonyl (C=O) groups is 2. The fourth-order valence-electron chi connectivity index (χ4n) is 3.61. The van der Waals surface area contributed by atoms with E-state index in [4.69, 9.17) is 5.73 Å². The van der Waals surface area contributed by atoms with Crippen molar-refractivity contribution in [2.75, 3.05) is 12.3 Å². The first-order valence-corrected chi connectivity index (χ1v) is 7.39. The Hall–Kier alpha value is -2.10. The minimum absolute atomic E-state index is 0.206. The van der Waals surface area contributed by atoms with E-state index in [9.17, 15) is 9.59 Å². The summed E-state index contributed by atoms with van der Waals surface area (Å²) in [6, 6.07) is 5.07. The molecule has 2 unspecified atom stereocenters. The molecule has 3 rings (SSSR count). The molecule has 0 spiro atoms. The second-order valence-electron chi connectivity index (χ2n) is 6.29. The Bertz CT molecular complexity index is 648. The number of hydrogen-bond acceptors (Lipinski definition) is 3. The Balaban J connectivity index is 1.83. The lowest BCUT2D eigenvalue weighted by Crippen LogP contribution is -2.36. The maximum atomic E-state index is 12.5. The van der Waals surface area contributed by atoms with Gasteiger partial charge >= 0.3 is 0 Å². The van der Waals surface area contributed by atoms with Gasteiger partial charge in [-0.25, -0.2) is 0 Å². The highest BCUT2D eigenvalue weighted by Crippen LogP contribution is 2.32. The Labute approximate surface area is 124 Å². The van der Waals surface area contributed by atoms with E-state index in [0.29, 0.717) is 35.2 Å². The van der Waals surface area contributed by atoms with Gasteiger partial charge in [0.1, 0.15) is 0 Å². The zero-order valence-corrected chi connectivity index (χ0v) is 12.4. The number of amides is 2. The van der Waals surface area contributed by atoms with E-state index >= 15 is 0 Å². The highest BCUT2D eigenvalue weighted by Gasteiger charge is 2.38. The van der Waals surface area contributed by atoms with Crippen LogP contribution in [0.4, 0.5) is 5.69 Å². The number of nitrogens with two attached hydrogens (primary N) is 1. The Kier molecular flexibility index (Phi) is 3.32. The van der Waals surface area contributed by atoms with Crippen molar-refractivity contribution in [3.8, 4) is 0 Å². The molecule has 0 fully saturated rings. The lowest BCUT2D eigenvalue weighted by Gasteiger charge is -2.28. The van der Waals surface area contributed by atoms with Gasteiger partial charge in [0.15, 0.2) is 0 Å². The number of benzene rings is 1. The second-order valence-corrected chi connectivity index (χ2v) is 6.29. The minimum atomic E-state index is -0.243. The third-order valence-corrected chi connectivity index (χ3v) is 4.36. The first-order chi connectivity index (χ1) is 9.97. The zero-order chi connectivity index (χ0) is 15.1. The van der Waals surface area contributed by atoms with Crippen LogP contribution >= 0.6 is 0 Å². The number of nitrogen functional groups attached to an aromatic ring is 1. The van der Waals surface area contributed by atoms with E-state index in [-0.39, 0.29) is 11.8 Å². The lowest BCUT2D eigenvalue weighted by molar-refractivity contribution is 0.0621. The van der Waals surface area contributed by atoms with E-state index in [0.717, 1.165) is 12.8 Å². The summed E-state index contributed by atoms with van der Waals surface area (Å²) < 4.78 is 0. The molecule has 1 aromatic rings. The summed E-state index contributed by atoms with van der Waals surface area (Å²) in [5.41, 5.74) is 8.40. The number of anilines is 1. The zero-order valence-electron chi connectivity index (χ0n) is 12.4. The molecule has 1 aliphatic heterocycles. The summed E-state index contributed by atoms with van der Waals surface area (Å²) in [5.74, 6) is 0.396. The average Bonchev–Trinajstić information content (AvgIpc) is 2.64. The second kappa shape index (κ2) is 5.02. The fourth-order valence-corrected chi connectivity index (χ4v) is 3.61. The van der Waals surface area contributed by atoms with Crippen molar-refractivity contribution in [2.24, 2.45) is 11.8 Å². The average molecular weight is 284 g/mol. The van der Waals surface area contributed by atoms with E-state index < -0.39 is 0 Å². The van der Waals surface area contributed by atoms with Crippen LogP contribution in [-0.4, -0.2) is 23.3 Å². The number of carbonyl (C=O) groups excluding carboxylic acids is 2. The van der Waals surface area contributed by atoms with Crippen molar-refractivity contribution in [2.45, 2.75) is 26.7 Å². The molecule has 0 aromatic heterocycles. The molecule has 0 saturated carbocycles. The SMILES string of the molecule is CC1=CC(C)CC(CN2C(=O)c3cccc(N)c3C2=O)C1. The van der Waals surface area contributed by atoms with Crippen LogP contribution in [-0.2, 0) is 0 Å². The van der Waals surface area contributed by atoms with Gasteiger partial charge in [-0.15, -0.1) is 0 Å². The predicted molar refractivity (Wildman–Crippen MR) is 81.9 cm³/mol. The van der Waals surface area contributed by atoms with E-state index in [1.165, 1.54) is 10.5 Å². The van der Waals surface area contributed by atoms with E-state index in [1.54, 1.807) is 18.2 Å². The van der Waals surface area contributed by atoms with Crippen molar-refractivity contribution in [3.63, 3.8) is 0 Å². The van der Waals surface area contributed by atoms with Crippen LogP contribution in [0, 0.1) is 11.8 Å². The topological polar surface area (TPSA) is 63.4 Å². The van der Waals surface area contributed by atoms with Crippen LogP contribution in [0.3, 0.4) is 0 Å². The van der Waals surface area contributed by atoms with Crippen LogP contribution in [0.5, 0.6) is 0 Å². The molecule has 2 aliphatic rings. The molecule has 4 heteroatoms. The van der Waals surface area contributed by atoms with Gasteiger partial charge in [-0.2, -0.15) is 0 Å². The van der Waals surface area contributed by atoms with Gasteiger partial charge in [0.25, 0.3) is 11.8 Å². The van der Waals surface area contributed by atoms with Crippen LogP contribution < -0.4 is 5.73 Å². The summed E-state index contributed by atoms with van der Waals surface area (Å²) >= 11 is 0. The Morgan fingerprint density at radius 3 is 2.71 bits per heavy atom. The smallest absolute Gasteiger partial charge is 0.263 e. The normalized spacial score (nSPS) is 25.0. The molecule has 110 valence electrons. The Morgan fingerprint density at radius 1 is 1.29 bits per heavy atom. The van der Waals surface area contributed by atoms with Crippen molar-refractivity contribution in [1.82, 2.24) is 4.90 Å². The maximum Gasteiger partial charge on any atom is 0.263 e. The van der Waals surface area contributed by atoms with E-state index in [1.807, 2.05) is 0 Å². The number of allylic oxidation sites excluding steroid dienone is 2. The molecule has 0 bridgehead atoms. The first kappa shape index (κ1) is 13.9. The summed E-state index contributed by atoms with van der Waals surface area (Å²) in [5, 5.41) is 0. The molecule has 1 heterocycles. The monoisotopic (exact) mass is 284 g/mol. The van der Waals surface area contributed by atoms with Crippen LogP contribution in [0.25, 0.3) is 0 Å². The summed E-state index contributed by atoms with van der Waals surface area (Å²) in [6.07, 6.45) is 4.24. The lowest BCUT2D eigenvalue weighted by atomic mass is 9.83. The molecule has 2 amide bonds. The molecule has 4 nitrogen and oxygen atoms in total. The van der Waals surface area contributed by atoms with Gasteiger partial charge in [0.05, 0.1) is 11.1 Å². The van der Waals surface area contributed by atoms with Crippen molar-refractivity contribution in [3.05, 3.63) is 41.0 Å². The molecular weight excluding hydrogens is 264 g/mol. The largest absolute Gasteiger partial charge is 0.398 e. The molecule has 2 atom stereocenters. The summed E-state index contributed by atoms with van der Waals surface area (Å²) in [4.78, 5) is 26.3. The number of fused-ring (bicyclic) bond motifs is 1. The standard InChI is InChI=1S/C17H20N2O2/c1-10-6-11(2)8-12(7-10)9-19-16(20)13-4-3-5-14(18)15(13)17(19)21/h3-6,10,12H,7-9,18H2,1-2H3. The number of hydrogen-bond donors (Lipinski definition) is 1. The van der Waals surface area contributed by atoms with Gasteiger partial charge in [0, 0.05) is 12.2 Å². The quantitative estimate of drug-likeness (QED) is 0.516. The maximum absolute atomic E-state index is 12.5. The predicted octanol–water partition coefficient (Wildman–Crippen LogP) is 2.86. The fraction of sp³-hybridized carbons (Fsp3) is 0.412. The van der Waals surface area contributed by atoms with Crippen LogP contribution in [0.15, 0.2) is 29.8 Å². The minimum Gasteiger partial charge on any atom is -0.398 e. The van der Waals surface area contributed by atoms with E-state index in [2.05, 4.69) is 19.9 Å². The first-order valence-electron chi connectivity index (χ1n) is 7.39. The van der Waals surface area contributed by atoms with Crippen molar-refractivity contribution in [1.29, 1.82) is 0 Å². The molecule has 0 saturated heterocycles. The summed E-state index contributed by atoms with van der Waals surface area (Å²) in [7, 11) is 0. The third kappa shape index (κ3) is 2.35. The third-order valence-electron chi connectivity index (χ3n) is 4.36. The Morgan fingerprint density at radius 2 is 2.05 bits per heavy atom. The van der Waals surface area contributed by atoms with Crippen molar-refractivity contribution < 1.29 is 9.59 Å². The number of rotatable bonds is 2. The van der Waals surface area contributed by atoms with Gasteiger partial charge in [-0.05, 0) is 43.7 Å². The number of imide groups is 1. The van der Waals surface area contributed by atoms with Crippen LogP contribution in [0.1, 0.15) is 47.4 Å². The molecule has 21 heavy (non-hydrogen) atoms. The summed E-state index contributed by atoms with van der Waals surface area (Å²) in [6.45, 7) is 4.78. The highest BCUT2D eigenvalue weighted by atomic mass is 16.2. The molecule has 2 N–H and O–H groups in total. The molecule has 0 radical (unpaired) electrons. The molecule has 1 aliphatic carbocycles. The van der Waals surface area contributed by atoms with Gasteiger partial charge in [-0.3, -0.25) is 14.5 Å². The number of nitrogens with zero attached hydrogens (tertiary/aromatic N) is 1. The van der Waals surface area contributed by atoms with Gasteiger partial charge < -0.3 is 5.73 Å². The van der Waals surface area contributed by atoms with Gasteiger partial charge in [0.2, 0.25) is 0 Å². The molecular formula is C17H20N2O2. The van der Waals surface area contributed by atoms with Gasteiger partial charge in [-0.1, -0.05) is 24.6 Å². The van der Waals surface area contributed by atoms with Crippen molar-refractivity contribution >= 4 is 17.5 Å². The van der Waals surface area contributed by atoms with Crippen LogP contribution in [0.2, 0.25) is 0 Å². The molecule has 1 aromatic carbocycles. The highest BCUT2D eigenvalue weighted by molar-refractivity contribution is 6.23.